The lowest BCUT2D eigenvalue weighted by Crippen LogP contribution is -2.35. The Kier molecular flexibility index (Phi) is 8.27. The number of hydrogen-bond acceptors (Lipinski definition) is 7. The molecular formula is C24H28N2O5. The van der Waals surface area contributed by atoms with Crippen molar-refractivity contribution in [2.45, 2.75) is 32.0 Å². The monoisotopic (exact) mass is 424 g/mol. The lowest BCUT2D eigenvalue weighted by molar-refractivity contribution is 0.0486. The first-order valence-electron chi connectivity index (χ1n) is 10.5. The van der Waals surface area contributed by atoms with E-state index in [1.165, 1.54) is 0 Å². The summed E-state index contributed by atoms with van der Waals surface area (Å²) < 4.78 is 16.9. The SMILES string of the molecule is CCCOC(=O)c1ccccc1OCC(O)CN1CCC(Oc2ccc(C#N)cc2)C1. The predicted molar refractivity (Wildman–Crippen MR) is 115 cm³/mol. The van der Waals surface area contributed by atoms with E-state index < -0.39 is 12.1 Å². The number of esters is 1. The van der Waals surface area contributed by atoms with Crippen molar-refractivity contribution in [1.29, 1.82) is 5.26 Å². The van der Waals surface area contributed by atoms with Gasteiger partial charge in [-0.2, -0.15) is 5.26 Å². The van der Waals surface area contributed by atoms with Gasteiger partial charge in [-0.1, -0.05) is 19.1 Å². The molecule has 1 aliphatic heterocycles. The van der Waals surface area contributed by atoms with Gasteiger partial charge in [0.1, 0.15) is 35.9 Å². The van der Waals surface area contributed by atoms with Crippen LogP contribution in [0.4, 0.5) is 0 Å². The molecule has 2 aromatic carbocycles. The number of nitriles is 1. The van der Waals surface area contributed by atoms with Gasteiger partial charge >= 0.3 is 5.97 Å². The summed E-state index contributed by atoms with van der Waals surface area (Å²) in [5.41, 5.74) is 0.962. The maximum absolute atomic E-state index is 12.2. The standard InChI is InChI=1S/C24H28N2O5/c1-2-13-29-24(28)22-5-3-4-6-23(22)30-17-19(27)15-26-12-11-21(16-26)31-20-9-7-18(14-25)8-10-20/h3-10,19,21,27H,2,11-13,15-17H2,1H3. The number of β-amino-alcohol motifs (C(OH)–C–C–N with tert-alkyl or cyclic N) is 1. The Morgan fingerprint density at radius 3 is 2.77 bits per heavy atom. The number of nitrogens with zero attached hydrogens (tertiary/aromatic N) is 2. The maximum Gasteiger partial charge on any atom is 0.341 e. The quantitative estimate of drug-likeness (QED) is 0.586. The summed E-state index contributed by atoms with van der Waals surface area (Å²) in [7, 11) is 0. The molecule has 1 aliphatic rings. The van der Waals surface area contributed by atoms with Crippen LogP contribution in [0.2, 0.25) is 0 Å². The highest BCUT2D eigenvalue weighted by Gasteiger charge is 2.26. The van der Waals surface area contributed by atoms with Crippen LogP contribution in [0.3, 0.4) is 0 Å². The summed E-state index contributed by atoms with van der Waals surface area (Å²) in [5, 5.41) is 19.3. The number of carbonyl (C=O) groups is 1. The van der Waals surface area contributed by atoms with Crippen molar-refractivity contribution in [3.8, 4) is 17.6 Å². The molecule has 1 N–H and O–H groups in total. The molecule has 2 atom stereocenters. The molecule has 0 aromatic heterocycles. The number of aliphatic hydroxyl groups is 1. The van der Waals surface area contributed by atoms with Crippen molar-refractivity contribution in [3.63, 3.8) is 0 Å². The first-order valence-corrected chi connectivity index (χ1v) is 10.5. The zero-order valence-electron chi connectivity index (χ0n) is 17.7. The number of para-hydroxylation sites is 1. The van der Waals surface area contributed by atoms with Crippen LogP contribution in [0, 0.1) is 11.3 Å². The normalized spacial score (nSPS) is 17.0. The molecule has 164 valence electrons. The summed E-state index contributed by atoms with van der Waals surface area (Å²) in [6.07, 6.45) is 0.947. The summed E-state index contributed by atoms with van der Waals surface area (Å²) in [6.45, 7) is 4.35. The molecule has 1 saturated heterocycles. The zero-order chi connectivity index (χ0) is 22.1. The van der Waals surface area contributed by atoms with Crippen LogP contribution in [0.15, 0.2) is 48.5 Å². The molecular weight excluding hydrogens is 396 g/mol. The van der Waals surface area contributed by atoms with E-state index in [1.807, 2.05) is 6.92 Å². The third-order valence-electron chi connectivity index (χ3n) is 4.96. The van der Waals surface area contributed by atoms with Crippen LogP contribution in [-0.2, 0) is 4.74 Å². The lowest BCUT2D eigenvalue weighted by Gasteiger charge is -2.21. The van der Waals surface area contributed by atoms with Crippen LogP contribution in [0.5, 0.6) is 11.5 Å². The molecule has 0 aliphatic carbocycles. The number of likely N-dealkylation sites (tertiary alicyclic amines) is 1. The molecule has 0 radical (unpaired) electrons. The van der Waals surface area contributed by atoms with E-state index >= 15 is 0 Å². The van der Waals surface area contributed by atoms with Crippen LogP contribution in [-0.4, -0.2) is 61.0 Å². The number of hydrogen-bond donors (Lipinski definition) is 1. The average molecular weight is 424 g/mol. The number of rotatable bonds is 10. The van der Waals surface area contributed by atoms with Crippen molar-refractivity contribution >= 4 is 5.97 Å². The third-order valence-corrected chi connectivity index (χ3v) is 4.96. The Morgan fingerprint density at radius 1 is 1.26 bits per heavy atom. The van der Waals surface area contributed by atoms with Crippen LogP contribution in [0.1, 0.15) is 35.7 Å². The minimum absolute atomic E-state index is 0.0371. The molecule has 0 saturated carbocycles. The topological polar surface area (TPSA) is 92.0 Å². The van der Waals surface area contributed by atoms with Gasteiger partial charge in [0, 0.05) is 19.6 Å². The number of aliphatic hydroxyl groups excluding tert-OH is 1. The predicted octanol–water partition coefficient (Wildman–Crippen LogP) is 3.02. The summed E-state index contributed by atoms with van der Waals surface area (Å²) in [6, 6.07) is 16.1. The molecule has 7 heteroatoms. The molecule has 0 amide bonds. The highest BCUT2D eigenvalue weighted by atomic mass is 16.5. The van der Waals surface area contributed by atoms with Gasteiger partial charge < -0.3 is 19.3 Å². The second-order valence-corrected chi connectivity index (χ2v) is 7.52. The average Bonchev–Trinajstić information content (AvgIpc) is 3.23. The molecule has 2 unspecified atom stereocenters. The summed E-state index contributed by atoms with van der Waals surface area (Å²) >= 11 is 0. The highest BCUT2D eigenvalue weighted by molar-refractivity contribution is 5.92. The van der Waals surface area contributed by atoms with Crippen molar-refractivity contribution in [3.05, 3.63) is 59.7 Å². The Labute approximate surface area is 182 Å². The van der Waals surface area contributed by atoms with Crippen molar-refractivity contribution < 1.29 is 24.1 Å². The van der Waals surface area contributed by atoms with E-state index in [-0.39, 0.29) is 12.7 Å². The molecule has 3 rings (SSSR count). The van der Waals surface area contributed by atoms with Gasteiger partial charge in [-0.3, -0.25) is 4.90 Å². The van der Waals surface area contributed by atoms with E-state index in [1.54, 1.807) is 48.5 Å². The molecule has 7 nitrogen and oxygen atoms in total. The van der Waals surface area contributed by atoms with Crippen LogP contribution >= 0.6 is 0 Å². The van der Waals surface area contributed by atoms with Crippen molar-refractivity contribution in [2.24, 2.45) is 0 Å². The Balaban J connectivity index is 1.45. The molecule has 0 spiro atoms. The second-order valence-electron chi connectivity index (χ2n) is 7.52. The van der Waals surface area contributed by atoms with Gasteiger partial charge in [0.15, 0.2) is 0 Å². The summed E-state index contributed by atoms with van der Waals surface area (Å²) in [4.78, 5) is 14.3. The zero-order valence-corrected chi connectivity index (χ0v) is 17.7. The van der Waals surface area contributed by atoms with Gasteiger partial charge in [-0.05, 0) is 49.2 Å². The molecule has 1 heterocycles. The van der Waals surface area contributed by atoms with E-state index in [9.17, 15) is 9.90 Å². The molecule has 0 bridgehead atoms. The van der Waals surface area contributed by atoms with E-state index in [4.69, 9.17) is 19.5 Å². The number of ether oxygens (including phenoxy) is 3. The second kappa shape index (κ2) is 11.3. The van der Waals surface area contributed by atoms with Crippen LogP contribution in [0.25, 0.3) is 0 Å². The largest absolute Gasteiger partial charge is 0.490 e. The van der Waals surface area contributed by atoms with E-state index in [2.05, 4.69) is 11.0 Å². The third kappa shape index (κ3) is 6.71. The minimum Gasteiger partial charge on any atom is -0.490 e. The molecule has 31 heavy (non-hydrogen) atoms. The minimum atomic E-state index is -0.701. The first kappa shape index (κ1) is 22.6. The lowest BCUT2D eigenvalue weighted by atomic mass is 10.2. The van der Waals surface area contributed by atoms with Gasteiger partial charge in [-0.15, -0.1) is 0 Å². The van der Waals surface area contributed by atoms with Crippen molar-refractivity contribution in [1.82, 2.24) is 4.90 Å². The Morgan fingerprint density at radius 2 is 2.03 bits per heavy atom. The summed E-state index contributed by atoms with van der Waals surface area (Å²) in [5.74, 6) is 0.724. The fraction of sp³-hybridized carbons (Fsp3) is 0.417. The van der Waals surface area contributed by atoms with Gasteiger partial charge in [-0.25, -0.2) is 4.79 Å². The smallest absolute Gasteiger partial charge is 0.341 e. The molecule has 2 aromatic rings. The van der Waals surface area contributed by atoms with Gasteiger partial charge in [0.05, 0.1) is 18.2 Å². The Hall–Kier alpha value is -3.08. The first-order chi connectivity index (χ1) is 15.1. The number of carbonyl (C=O) groups excluding carboxylic acids is 1. The number of benzene rings is 2. The van der Waals surface area contributed by atoms with Crippen molar-refractivity contribution in [2.75, 3.05) is 32.8 Å². The van der Waals surface area contributed by atoms with Crippen LogP contribution < -0.4 is 9.47 Å². The highest BCUT2D eigenvalue weighted by Crippen LogP contribution is 2.21. The fourth-order valence-corrected chi connectivity index (χ4v) is 3.43. The van der Waals surface area contributed by atoms with Gasteiger partial charge in [0.2, 0.25) is 0 Å². The Bertz CT molecular complexity index is 894. The molecule has 1 fully saturated rings. The van der Waals surface area contributed by atoms with Gasteiger partial charge in [0.25, 0.3) is 0 Å². The maximum atomic E-state index is 12.2. The fourth-order valence-electron chi connectivity index (χ4n) is 3.43. The van der Waals surface area contributed by atoms with E-state index in [0.29, 0.717) is 36.6 Å². The van der Waals surface area contributed by atoms with E-state index in [0.717, 1.165) is 25.1 Å².